The molecule has 0 aromatic heterocycles. The molecular formula is C25H29NO. The second-order valence-corrected chi connectivity index (χ2v) is 7.15. The number of aromatic hydroxyl groups is 1. The van der Waals surface area contributed by atoms with Crippen molar-refractivity contribution in [3.8, 4) is 28.0 Å². The van der Waals surface area contributed by atoms with Crippen molar-refractivity contribution in [3.63, 3.8) is 0 Å². The first-order valence-electron chi connectivity index (χ1n) is 9.94. The predicted octanol–water partition coefficient (Wildman–Crippen LogP) is 6.70. The summed E-state index contributed by atoms with van der Waals surface area (Å²) in [7, 11) is 0. The van der Waals surface area contributed by atoms with E-state index in [2.05, 4.69) is 19.1 Å². The summed E-state index contributed by atoms with van der Waals surface area (Å²) >= 11 is 0. The number of hydrogen-bond acceptors (Lipinski definition) is 2. The molecule has 3 N–H and O–H groups in total. The molecule has 0 amide bonds. The Morgan fingerprint density at radius 2 is 1.30 bits per heavy atom. The van der Waals surface area contributed by atoms with E-state index in [4.69, 9.17) is 5.73 Å². The van der Waals surface area contributed by atoms with Gasteiger partial charge in [-0.25, -0.2) is 0 Å². The second kappa shape index (κ2) is 9.38. The van der Waals surface area contributed by atoms with E-state index in [1.54, 1.807) is 0 Å². The van der Waals surface area contributed by atoms with Crippen LogP contribution in [0, 0.1) is 0 Å². The molecule has 0 radical (unpaired) electrons. The van der Waals surface area contributed by atoms with Crippen LogP contribution >= 0.6 is 0 Å². The van der Waals surface area contributed by atoms with Crippen molar-refractivity contribution >= 4 is 0 Å². The first-order valence-corrected chi connectivity index (χ1v) is 9.94. The summed E-state index contributed by atoms with van der Waals surface area (Å²) in [6.07, 6.45) is 5.81. The largest absolute Gasteiger partial charge is 0.507 e. The Bertz CT molecular complexity index is 782. The molecule has 1 unspecified atom stereocenters. The van der Waals surface area contributed by atoms with Gasteiger partial charge in [0, 0.05) is 17.2 Å². The SMILES string of the molecule is CCCCCCC(N)c1cc(-c2ccccc2)c(O)c(-c2ccccc2)c1. The maximum Gasteiger partial charge on any atom is 0.131 e. The van der Waals surface area contributed by atoms with Gasteiger partial charge >= 0.3 is 0 Å². The molecule has 0 saturated heterocycles. The van der Waals surface area contributed by atoms with Gasteiger partial charge in [-0.05, 0) is 35.2 Å². The summed E-state index contributed by atoms with van der Waals surface area (Å²) in [6.45, 7) is 2.22. The first-order chi connectivity index (χ1) is 13.2. The predicted molar refractivity (Wildman–Crippen MR) is 115 cm³/mol. The summed E-state index contributed by atoms with van der Waals surface area (Å²) < 4.78 is 0. The number of rotatable bonds is 8. The molecule has 1 atom stereocenters. The van der Waals surface area contributed by atoms with Crippen LogP contribution in [0.3, 0.4) is 0 Å². The minimum atomic E-state index is -0.0209. The van der Waals surface area contributed by atoms with Crippen molar-refractivity contribution in [3.05, 3.63) is 78.4 Å². The van der Waals surface area contributed by atoms with Crippen LogP contribution in [-0.2, 0) is 0 Å². The van der Waals surface area contributed by atoms with Gasteiger partial charge in [-0.15, -0.1) is 0 Å². The van der Waals surface area contributed by atoms with Crippen LogP contribution in [0.25, 0.3) is 22.3 Å². The van der Waals surface area contributed by atoms with Crippen LogP contribution in [0.2, 0.25) is 0 Å². The van der Waals surface area contributed by atoms with Gasteiger partial charge in [0.15, 0.2) is 0 Å². The van der Waals surface area contributed by atoms with Crippen molar-refractivity contribution < 1.29 is 5.11 Å². The van der Waals surface area contributed by atoms with Gasteiger partial charge in [0.25, 0.3) is 0 Å². The zero-order valence-corrected chi connectivity index (χ0v) is 16.1. The summed E-state index contributed by atoms with van der Waals surface area (Å²) in [4.78, 5) is 0. The van der Waals surface area contributed by atoms with Gasteiger partial charge in [-0.1, -0.05) is 93.3 Å². The van der Waals surface area contributed by atoms with Crippen LogP contribution in [0.15, 0.2) is 72.8 Å². The molecule has 0 spiro atoms. The highest BCUT2D eigenvalue weighted by Gasteiger charge is 2.16. The summed E-state index contributed by atoms with van der Waals surface area (Å²) in [5, 5.41) is 11.0. The van der Waals surface area contributed by atoms with Gasteiger partial charge in [-0.3, -0.25) is 0 Å². The zero-order chi connectivity index (χ0) is 19.1. The van der Waals surface area contributed by atoms with E-state index >= 15 is 0 Å². The molecule has 3 aromatic rings. The average Bonchev–Trinajstić information content (AvgIpc) is 2.72. The normalized spacial score (nSPS) is 12.1. The Morgan fingerprint density at radius 3 is 1.78 bits per heavy atom. The smallest absolute Gasteiger partial charge is 0.131 e. The van der Waals surface area contributed by atoms with Crippen LogP contribution in [0.1, 0.15) is 50.6 Å². The molecule has 2 heteroatoms. The number of benzene rings is 3. The maximum absolute atomic E-state index is 11.0. The molecule has 0 aliphatic carbocycles. The number of unbranched alkanes of at least 4 members (excludes halogenated alkanes) is 3. The highest BCUT2D eigenvalue weighted by molar-refractivity contribution is 5.83. The molecule has 3 rings (SSSR count). The van der Waals surface area contributed by atoms with Gasteiger partial charge in [0.1, 0.15) is 5.75 Å². The maximum atomic E-state index is 11.0. The Labute approximate surface area is 162 Å². The lowest BCUT2D eigenvalue weighted by Crippen LogP contribution is -2.10. The van der Waals surface area contributed by atoms with Gasteiger partial charge < -0.3 is 10.8 Å². The fourth-order valence-corrected chi connectivity index (χ4v) is 3.50. The summed E-state index contributed by atoms with van der Waals surface area (Å²) in [6, 6.07) is 24.2. The third kappa shape index (κ3) is 4.78. The van der Waals surface area contributed by atoms with Crippen LogP contribution in [0.4, 0.5) is 0 Å². The molecule has 0 saturated carbocycles. The van der Waals surface area contributed by atoms with E-state index in [1.165, 1.54) is 19.3 Å². The average molecular weight is 360 g/mol. The lowest BCUT2D eigenvalue weighted by Gasteiger charge is -2.18. The fraction of sp³-hybridized carbons (Fsp3) is 0.280. The highest BCUT2D eigenvalue weighted by Crippen LogP contribution is 2.40. The van der Waals surface area contributed by atoms with E-state index in [0.717, 1.165) is 40.7 Å². The summed E-state index contributed by atoms with van der Waals surface area (Å²) in [5.41, 5.74) is 11.3. The highest BCUT2D eigenvalue weighted by atomic mass is 16.3. The van der Waals surface area contributed by atoms with Gasteiger partial charge in [-0.2, -0.15) is 0 Å². The number of phenolic OH excluding ortho intramolecular Hbond substituents is 1. The van der Waals surface area contributed by atoms with E-state index in [9.17, 15) is 5.11 Å². The van der Waals surface area contributed by atoms with Crippen molar-refractivity contribution in [1.29, 1.82) is 0 Å². The Morgan fingerprint density at radius 1 is 0.778 bits per heavy atom. The number of nitrogens with two attached hydrogens (primary N) is 1. The van der Waals surface area contributed by atoms with Crippen molar-refractivity contribution in [2.24, 2.45) is 5.73 Å². The Hall–Kier alpha value is -2.58. The van der Waals surface area contributed by atoms with Crippen molar-refractivity contribution in [2.75, 3.05) is 0 Å². The monoisotopic (exact) mass is 359 g/mol. The van der Waals surface area contributed by atoms with Crippen LogP contribution in [0.5, 0.6) is 5.75 Å². The molecular weight excluding hydrogens is 330 g/mol. The molecule has 0 bridgehead atoms. The fourth-order valence-electron chi connectivity index (χ4n) is 3.50. The third-order valence-corrected chi connectivity index (χ3v) is 5.10. The van der Waals surface area contributed by atoms with Crippen molar-refractivity contribution in [1.82, 2.24) is 0 Å². The molecule has 0 aliphatic rings. The minimum Gasteiger partial charge on any atom is -0.507 e. The third-order valence-electron chi connectivity index (χ3n) is 5.10. The molecule has 3 aromatic carbocycles. The molecule has 0 heterocycles. The van der Waals surface area contributed by atoms with E-state index in [0.29, 0.717) is 5.75 Å². The Balaban J connectivity index is 2.01. The lowest BCUT2D eigenvalue weighted by atomic mass is 9.91. The standard InChI is InChI=1S/C25H29NO/c1-2-3-4-11-16-24(26)21-17-22(19-12-7-5-8-13-19)25(27)23(18-21)20-14-9-6-10-15-20/h5-10,12-15,17-18,24,27H,2-4,11,16,26H2,1H3. The first kappa shape index (κ1) is 19.2. The molecule has 27 heavy (non-hydrogen) atoms. The minimum absolute atomic E-state index is 0.0209. The van der Waals surface area contributed by atoms with E-state index < -0.39 is 0 Å². The van der Waals surface area contributed by atoms with Crippen LogP contribution in [-0.4, -0.2) is 5.11 Å². The number of hydrogen-bond donors (Lipinski definition) is 2. The van der Waals surface area contributed by atoms with Gasteiger partial charge in [0.05, 0.1) is 0 Å². The Kier molecular flexibility index (Phi) is 6.67. The second-order valence-electron chi connectivity index (χ2n) is 7.15. The van der Waals surface area contributed by atoms with Gasteiger partial charge in [0.2, 0.25) is 0 Å². The summed E-state index contributed by atoms with van der Waals surface area (Å²) in [5.74, 6) is 0.314. The topological polar surface area (TPSA) is 46.2 Å². The van der Waals surface area contributed by atoms with Crippen molar-refractivity contribution in [2.45, 2.75) is 45.1 Å². The van der Waals surface area contributed by atoms with E-state index in [1.807, 2.05) is 60.7 Å². The number of phenols is 1. The molecule has 0 aliphatic heterocycles. The molecule has 140 valence electrons. The van der Waals surface area contributed by atoms with E-state index in [-0.39, 0.29) is 6.04 Å². The van der Waals surface area contributed by atoms with Crippen LogP contribution < -0.4 is 5.73 Å². The molecule has 2 nitrogen and oxygen atoms in total. The molecule has 0 fully saturated rings. The lowest BCUT2D eigenvalue weighted by molar-refractivity contribution is 0.478. The zero-order valence-electron chi connectivity index (χ0n) is 16.1. The quantitative estimate of drug-likeness (QED) is 0.440.